The SMILES string of the molecule is O=C(c1ccc(O)cc1)c1ccc(Cl)cc1.[Na]. The summed E-state index contributed by atoms with van der Waals surface area (Å²) in [4.78, 5) is 11.9. The maximum absolute atomic E-state index is 11.9. The van der Waals surface area contributed by atoms with Gasteiger partial charge in [-0.1, -0.05) is 11.6 Å². The molecule has 0 aliphatic carbocycles. The van der Waals surface area contributed by atoms with Crippen LogP contribution >= 0.6 is 11.6 Å². The van der Waals surface area contributed by atoms with Crippen molar-refractivity contribution >= 4 is 46.9 Å². The number of carbonyl (C=O) groups is 1. The fourth-order valence-electron chi connectivity index (χ4n) is 1.38. The van der Waals surface area contributed by atoms with Crippen molar-refractivity contribution in [3.63, 3.8) is 0 Å². The normalized spacial score (nSPS) is 9.47. The fourth-order valence-corrected chi connectivity index (χ4v) is 1.51. The number of hydrogen-bond donors (Lipinski definition) is 1. The summed E-state index contributed by atoms with van der Waals surface area (Å²) >= 11 is 5.74. The summed E-state index contributed by atoms with van der Waals surface area (Å²) in [5.41, 5.74) is 1.12. The first-order valence-electron chi connectivity index (χ1n) is 4.76. The summed E-state index contributed by atoms with van der Waals surface area (Å²) in [7, 11) is 0. The van der Waals surface area contributed by atoms with Gasteiger partial charge in [-0.05, 0) is 48.5 Å². The fraction of sp³-hybridized carbons (Fsp3) is 0. The van der Waals surface area contributed by atoms with Crippen LogP contribution in [0.25, 0.3) is 0 Å². The van der Waals surface area contributed by atoms with Crippen LogP contribution in [0.15, 0.2) is 48.5 Å². The van der Waals surface area contributed by atoms with Gasteiger partial charge in [0.2, 0.25) is 0 Å². The summed E-state index contributed by atoms with van der Waals surface area (Å²) in [6, 6.07) is 12.9. The summed E-state index contributed by atoms with van der Waals surface area (Å²) in [5.74, 6) is 0.0596. The minimum atomic E-state index is -0.0864. The Balaban J connectivity index is 0.00000144. The molecular formula is C13H9ClNaO2. The van der Waals surface area contributed by atoms with E-state index in [1.54, 1.807) is 36.4 Å². The monoisotopic (exact) mass is 255 g/mol. The largest absolute Gasteiger partial charge is 0.508 e. The molecule has 0 aliphatic rings. The van der Waals surface area contributed by atoms with Gasteiger partial charge in [-0.3, -0.25) is 4.79 Å². The van der Waals surface area contributed by atoms with Crippen LogP contribution in [-0.2, 0) is 0 Å². The molecule has 81 valence electrons. The molecule has 4 heteroatoms. The Hall–Kier alpha value is -0.800. The molecule has 2 aromatic rings. The van der Waals surface area contributed by atoms with Gasteiger partial charge in [-0.25, -0.2) is 0 Å². The van der Waals surface area contributed by atoms with E-state index in [1.165, 1.54) is 12.1 Å². The summed E-state index contributed by atoms with van der Waals surface area (Å²) in [5, 5.41) is 9.72. The maximum Gasteiger partial charge on any atom is 0.193 e. The smallest absolute Gasteiger partial charge is 0.193 e. The second kappa shape index (κ2) is 6.22. The molecule has 2 rings (SSSR count). The average Bonchev–Trinajstić information content (AvgIpc) is 2.30. The van der Waals surface area contributed by atoms with Crippen LogP contribution in [-0.4, -0.2) is 40.4 Å². The number of halogens is 1. The third kappa shape index (κ3) is 3.58. The van der Waals surface area contributed by atoms with Gasteiger partial charge in [-0.15, -0.1) is 0 Å². The number of aromatic hydroxyl groups is 1. The Bertz CT molecular complexity index is 458. The zero-order valence-electron chi connectivity index (χ0n) is 9.35. The standard InChI is InChI=1S/C13H9ClO2.Na/c14-11-5-1-9(2-6-11)13(16)10-3-7-12(15)8-4-10;/h1-8,15H;. The Kier molecular flexibility index (Phi) is 5.22. The molecule has 2 aromatic carbocycles. The topological polar surface area (TPSA) is 37.3 Å². The van der Waals surface area contributed by atoms with Crippen LogP contribution in [0.2, 0.25) is 5.02 Å². The molecule has 17 heavy (non-hydrogen) atoms. The van der Waals surface area contributed by atoms with Gasteiger partial charge in [0.15, 0.2) is 5.78 Å². The van der Waals surface area contributed by atoms with Gasteiger partial charge in [0, 0.05) is 45.7 Å². The number of carbonyl (C=O) groups excluding carboxylic acids is 1. The van der Waals surface area contributed by atoms with E-state index >= 15 is 0 Å². The minimum Gasteiger partial charge on any atom is -0.508 e. The van der Waals surface area contributed by atoms with Crippen LogP contribution in [0, 0.1) is 0 Å². The van der Waals surface area contributed by atoms with Crippen molar-refractivity contribution < 1.29 is 9.90 Å². The molecule has 1 radical (unpaired) electrons. The molecule has 0 fully saturated rings. The number of phenols is 1. The average molecular weight is 256 g/mol. The molecule has 0 aliphatic heterocycles. The van der Waals surface area contributed by atoms with Gasteiger partial charge in [0.1, 0.15) is 5.75 Å². The summed E-state index contributed by atoms with van der Waals surface area (Å²) in [6.07, 6.45) is 0. The molecule has 0 saturated heterocycles. The molecule has 0 atom stereocenters. The third-order valence-electron chi connectivity index (χ3n) is 2.24. The van der Waals surface area contributed by atoms with E-state index in [4.69, 9.17) is 16.7 Å². The van der Waals surface area contributed by atoms with Crippen molar-refractivity contribution in [3.8, 4) is 5.75 Å². The third-order valence-corrected chi connectivity index (χ3v) is 2.49. The molecule has 0 aromatic heterocycles. The summed E-state index contributed by atoms with van der Waals surface area (Å²) in [6.45, 7) is 0. The molecule has 0 spiro atoms. The Morgan fingerprint density at radius 1 is 0.882 bits per heavy atom. The van der Waals surface area contributed by atoms with E-state index in [-0.39, 0.29) is 41.1 Å². The number of rotatable bonds is 2. The first-order valence-corrected chi connectivity index (χ1v) is 5.14. The van der Waals surface area contributed by atoms with E-state index in [2.05, 4.69) is 0 Å². The van der Waals surface area contributed by atoms with E-state index in [1.807, 2.05) is 0 Å². The van der Waals surface area contributed by atoms with Crippen LogP contribution in [0.1, 0.15) is 15.9 Å². The van der Waals surface area contributed by atoms with Crippen molar-refractivity contribution in [1.29, 1.82) is 0 Å². The maximum atomic E-state index is 11.9. The van der Waals surface area contributed by atoms with E-state index in [0.717, 1.165) is 0 Å². The number of benzene rings is 2. The van der Waals surface area contributed by atoms with E-state index in [0.29, 0.717) is 16.1 Å². The zero-order valence-corrected chi connectivity index (χ0v) is 12.1. The molecule has 0 heterocycles. The summed E-state index contributed by atoms with van der Waals surface area (Å²) < 4.78 is 0. The second-order valence-corrected chi connectivity index (χ2v) is 3.82. The second-order valence-electron chi connectivity index (χ2n) is 3.38. The van der Waals surface area contributed by atoms with Gasteiger partial charge in [0.25, 0.3) is 0 Å². The van der Waals surface area contributed by atoms with Crippen molar-refractivity contribution in [2.75, 3.05) is 0 Å². The first-order chi connectivity index (χ1) is 7.66. The Morgan fingerprint density at radius 2 is 1.29 bits per heavy atom. The van der Waals surface area contributed by atoms with Crippen LogP contribution in [0.4, 0.5) is 0 Å². The van der Waals surface area contributed by atoms with Crippen molar-refractivity contribution in [2.24, 2.45) is 0 Å². The van der Waals surface area contributed by atoms with Gasteiger partial charge in [-0.2, -0.15) is 0 Å². The number of ketones is 1. The van der Waals surface area contributed by atoms with Crippen molar-refractivity contribution in [2.45, 2.75) is 0 Å². The van der Waals surface area contributed by atoms with Crippen LogP contribution < -0.4 is 0 Å². The molecule has 0 amide bonds. The predicted molar refractivity (Wildman–Crippen MR) is 68.7 cm³/mol. The molecule has 0 bridgehead atoms. The van der Waals surface area contributed by atoms with E-state index in [9.17, 15) is 4.79 Å². The number of hydrogen-bond acceptors (Lipinski definition) is 2. The van der Waals surface area contributed by atoms with Gasteiger partial charge < -0.3 is 5.11 Å². The molecule has 0 saturated carbocycles. The first kappa shape index (κ1) is 14.3. The molecule has 0 unspecified atom stereocenters. The van der Waals surface area contributed by atoms with Gasteiger partial charge in [0.05, 0.1) is 0 Å². The zero-order chi connectivity index (χ0) is 11.5. The quantitative estimate of drug-likeness (QED) is 0.662. The number of phenolic OH excluding ortho intramolecular Hbond substituents is 1. The Labute approximate surface area is 127 Å². The van der Waals surface area contributed by atoms with Gasteiger partial charge >= 0.3 is 0 Å². The Morgan fingerprint density at radius 3 is 1.76 bits per heavy atom. The molecule has 1 N–H and O–H groups in total. The van der Waals surface area contributed by atoms with Crippen molar-refractivity contribution in [3.05, 3.63) is 64.7 Å². The van der Waals surface area contributed by atoms with E-state index < -0.39 is 0 Å². The predicted octanol–water partition coefficient (Wildman–Crippen LogP) is 2.90. The minimum absolute atomic E-state index is 0. The van der Waals surface area contributed by atoms with Crippen LogP contribution in [0.5, 0.6) is 5.75 Å². The van der Waals surface area contributed by atoms with Crippen LogP contribution in [0.3, 0.4) is 0 Å². The molecular weight excluding hydrogens is 247 g/mol. The van der Waals surface area contributed by atoms with Crippen molar-refractivity contribution in [1.82, 2.24) is 0 Å². The molecule has 2 nitrogen and oxygen atoms in total.